The van der Waals surface area contributed by atoms with Gasteiger partial charge < -0.3 is 14.6 Å². The minimum absolute atomic E-state index is 0.288. The molecule has 9 heteroatoms. The van der Waals surface area contributed by atoms with Crippen LogP contribution in [0, 0.1) is 5.92 Å². The fourth-order valence-electron chi connectivity index (χ4n) is 4.25. The Morgan fingerprint density at radius 3 is 2.87 bits per heavy atom. The second kappa shape index (κ2) is 8.32. The normalized spacial score (nSPS) is 18.6. The largest absolute Gasteiger partial charge is 0.378 e. The van der Waals surface area contributed by atoms with Crippen molar-refractivity contribution in [2.24, 2.45) is 5.92 Å². The summed E-state index contributed by atoms with van der Waals surface area (Å²) in [5, 5.41) is 3.58. The van der Waals surface area contributed by atoms with Crippen molar-refractivity contribution in [2.75, 3.05) is 31.2 Å². The molecule has 2 aromatic heterocycles. The van der Waals surface area contributed by atoms with Crippen LogP contribution in [0.2, 0.25) is 0 Å². The van der Waals surface area contributed by atoms with Crippen molar-refractivity contribution in [2.45, 2.75) is 26.2 Å². The van der Waals surface area contributed by atoms with Crippen molar-refractivity contribution >= 4 is 39.2 Å². The molecule has 1 unspecified atom stereocenters. The van der Waals surface area contributed by atoms with Crippen molar-refractivity contribution < 1.29 is 14.3 Å². The summed E-state index contributed by atoms with van der Waals surface area (Å²) in [4.78, 5) is 35.1. The van der Waals surface area contributed by atoms with E-state index in [1.165, 1.54) is 29.0 Å². The molecule has 0 bridgehead atoms. The Labute approximate surface area is 184 Å². The zero-order valence-electron chi connectivity index (χ0n) is 17.4. The van der Waals surface area contributed by atoms with E-state index >= 15 is 0 Å². The maximum absolute atomic E-state index is 12.7. The number of hydrogen-bond donors (Lipinski definition) is 3. The first kappa shape index (κ1) is 20.0. The van der Waals surface area contributed by atoms with Gasteiger partial charge in [-0.25, -0.2) is 4.98 Å². The number of aromatic amines is 1. The molecule has 2 amide bonds. The van der Waals surface area contributed by atoms with Crippen LogP contribution in [0.3, 0.4) is 0 Å². The van der Waals surface area contributed by atoms with Gasteiger partial charge in [-0.1, -0.05) is 6.92 Å². The topological polar surface area (TPSA) is 99.4 Å². The van der Waals surface area contributed by atoms with E-state index in [4.69, 9.17) is 4.74 Å². The van der Waals surface area contributed by atoms with Crippen molar-refractivity contribution in [3.8, 4) is 0 Å². The Hall–Kier alpha value is -2.91. The Kier molecular flexibility index (Phi) is 5.37. The first-order valence-electron chi connectivity index (χ1n) is 10.6. The van der Waals surface area contributed by atoms with Gasteiger partial charge in [-0.15, -0.1) is 11.3 Å². The van der Waals surface area contributed by atoms with Gasteiger partial charge in [-0.05, 0) is 48.9 Å². The van der Waals surface area contributed by atoms with Crippen molar-refractivity contribution in [1.82, 2.24) is 20.8 Å². The number of carbonyl (C=O) groups excluding carboxylic acids is 2. The molecule has 1 fully saturated rings. The molecule has 0 spiro atoms. The van der Waals surface area contributed by atoms with Crippen LogP contribution in [0.4, 0.5) is 5.13 Å². The first-order valence-corrected chi connectivity index (χ1v) is 11.5. The number of morpholine rings is 1. The summed E-state index contributed by atoms with van der Waals surface area (Å²) in [6.45, 7) is 5.09. The highest BCUT2D eigenvalue weighted by Gasteiger charge is 2.21. The Morgan fingerprint density at radius 2 is 2.03 bits per heavy atom. The molecule has 1 aliphatic heterocycles. The number of anilines is 1. The number of nitrogens with one attached hydrogen (secondary N) is 3. The number of ether oxygens (including phenoxy) is 1. The van der Waals surface area contributed by atoms with E-state index < -0.39 is 5.91 Å². The van der Waals surface area contributed by atoms with Crippen molar-refractivity contribution in [1.29, 1.82) is 0 Å². The quantitative estimate of drug-likeness (QED) is 0.545. The van der Waals surface area contributed by atoms with E-state index in [1.807, 2.05) is 12.1 Å². The van der Waals surface area contributed by atoms with Crippen LogP contribution in [0.15, 0.2) is 23.6 Å². The van der Waals surface area contributed by atoms with Crippen molar-refractivity contribution in [3.63, 3.8) is 0 Å². The number of rotatable bonds is 3. The maximum atomic E-state index is 12.7. The molecule has 1 atom stereocenters. The fourth-order valence-corrected chi connectivity index (χ4v) is 5.11. The number of amides is 2. The fraction of sp³-hybridized carbons (Fsp3) is 0.409. The third kappa shape index (κ3) is 4.03. The van der Waals surface area contributed by atoms with Gasteiger partial charge in [0, 0.05) is 40.6 Å². The number of nitrogens with zero attached hydrogens (tertiary/aromatic N) is 2. The lowest BCUT2D eigenvalue weighted by Gasteiger charge is -2.25. The van der Waals surface area contributed by atoms with Gasteiger partial charge in [0.1, 0.15) is 5.69 Å². The number of hydrazine groups is 1. The number of aryl methyl sites for hydroxylation is 1. The molecule has 162 valence electrons. The van der Waals surface area contributed by atoms with Gasteiger partial charge in [0.15, 0.2) is 5.13 Å². The molecule has 1 aliphatic carbocycles. The standard InChI is InChI=1S/C22H25N5O3S/c1-13-2-4-17-15(10-13)16-11-14(3-5-18(16)23-17)20(28)25-26-21(29)19-12-31-22(24-19)27-6-8-30-9-7-27/h3,5,11-13,23H,2,4,6-10H2,1H3,(H,25,28)(H,26,29). The first-order chi connectivity index (χ1) is 15.1. The van der Waals surface area contributed by atoms with E-state index in [9.17, 15) is 9.59 Å². The molecule has 8 nitrogen and oxygen atoms in total. The van der Waals surface area contributed by atoms with Crippen LogP contribution in [-0.2, 0) is 17.6 Å². The number of aromatic nitrogens is 2. The summed E-state index contributed by atoms with van der Waals surface area (Å²) < 4.78 is 5.35. The van der Waals surface area contributed by atoms with E-state index in [-0.39, 0.29) is 11.6 Å². The minimum Gasteiger partial charge on any atom is -0.378 e. The molecule has 2 aliphatic rings. The Balaban J connectivity index is 1.25. The number of fused-ring (bicyclic) bond motifs is 3. The summed E-state index contributed by atoms with van der Waals surface area (Å²) in [6.07, 6.45) is 3.25. The monoisotopic (exact) mass is 439 g/mol. The lowest BCUT2D eigenvalue weighted by atomic mass is 9.87. The second-order valence-electron chi connectivity index (χ2n) is 8.21. The third-order valence-electron chi connectivity index (χ3n) is 5.99. The SMILES string of the molecule is CC1CCc2[nH]c3ccc(C(=O)NNC(=O)c4csc(N5CCOCC5)n4)cc3c2C1. The van der Waals surface area contributed by atoms with Crippen LogP contribution in [-0.4, -0.2) is 48.1 Å². The van der Waals surface area contributed by atoms with Gasteiger partial charge in [-0.2, -0.15) is 0 Å². The highest BCUT2D eigenvalue weighted by molar-refractivity contribution is 7.13. The predicted octanol–water partition coefficient (Wildman–Crippen LogP) is 2.66. The summed E-state index contributed by atoms with van der Waals surface area (Å²) in [5.41, 5.74) is 9.44. The van der Waals surface area contributed by atoms with Crippen LogP contribution in [0.1, 0.15) is 45.4 Å². The predicted molar refractivity (Wildman–Crippen MR) is 120 cm³/mol. The summed E-state index contributed by atoms with van der Waals surface area (Å²) in [6, 6.07) is 5.61. The zero-order valence-corrected chi connectivity index (χ0v) is 18.2. The molecule has 3 heterocycles. The third-order valence-corrected chi connectivity index (χ3v) is 6.89. The lowest BCUT2D eigenvalue weighted by Crippen LogP contribution is -2.41. The number of hydrogen-bond acceptors (Lipinski definition) is 6. The maximum Gasteiger partial charge on any atom is 0.289 e. The van der Waals surface area contributed by atoms with E-state index in [1.54, 1.807) is 11.4 Å². The molecule has 3 aromatic rings. The van der Waals surface area contributed by atoms with Gasteiger partial charge in [-0.3, -0.25) is 20.4 Å². The molecular formula is C22H25N5O3S. The number of H-pyrrole nitrogens is 1. The van der Waals surface area contributed by atoms with Gasteiger partial charge in [0.2, 0.25) is 0 Å². The van der Waals surface area contributed by atoms with Crippen molar-refractivity contribution in [3.05, 3.63) is 46.1 Å². The van der Waals surface area contributed by atoms with E-state index in [0.717, 1.165) is 42.0 Å². The van der Waals surface area contributed by atoms with E-state index in [2.05, 4.69) is 32.6 Å². The van der Waals surface area contributed by atoms with Crippen LogP contribution in [0.25, 0.3) is 10.9 Å². The molecule has 1 saturated heterocycles. The molecule has 3 N–H and O–H groups in total. The number of thiazole rings is 1. The highest BCUT2D eigenvalue weighted by Crippen LogP contribution is 2.32. The van der Waals surface area contributed by atoms with Gasteiger partial charge in [0.05, 0.1) is 13.2 Å². The average molecular weight is 440 g/mol. The van der Waals surface area contributed by atoms with Gasteiger partial charge >= 0.3 is 0 Å². The Morgan fingerprint density at radius 1 is 1.23 bits per heavy atom. The summed E-state index contributed by atoms with van der Waals surface area (Å²) in [5.74, 6) is -0.139. The Bertz CT molecular complexity index is 1130. The molecule has 1 aromatic carbocycles. The summed E-state index contributed by atoms with van der Waals surface area (Å²) in [7, 11) is 0. The molecule has 0 radical (unpaired) electrons. The molecule has 5 rings (SSSR count). The average Bonchev–Trinajstić information content (AvgIpc) is 3.42. The second-order valence-corrected chi connectivity index (χ2v) is 9.05. The molecule has 31 heavy (non-hydrogen) atoms. The lowest BCUT2D eigenvalue weighted by molar-refractivity contribution is 0.0844. The minimum atomic E-state index is -0.432. The van der Waals surface area contributed by atoms with Crippen LogP contribution >= 0.6 is 11.3 Å². The number of benzene rings is 1. The van der Waals surface area contributed by atoms with E-state index in [0.29, 0.717) is 24.7 Å². The van der Waals surface area contributed by atoms with Gasteiger partial charge in [0.25, 0.3) is 11.8 Å². The summed E-state index contributed by atoms with van der Waals surface area (Å²) >= 11 is 1.41. The van der Waals surface area contributed by atoms with Crippen LogP contribution < -0.4 is 15.8 Å². The molecular weight excluding hydrogens is 414 g/mol. The smallest absolute Gasteiger partial charge is 0.289 e. The highest BCUT2D eigenvalue weighted by atomic mass is 32.1. The number of carbonyl (C=O) groups is 2. The molecule has 0 saturated carbocycles. The van der Waals surface area contributed by atoms with Crippen LogP contribution in [0.5, 0.6) is 0 Å². The zero-order chi connectivity index (χ0) is 21.4.